The van der Waals surface area contributed by atoms with Crippen LogP contribution in [-0.2, 0) is 26.2 Å². The Kier molecular flexibility index (Phi) is 11.1. The van der Waals surface area contributed by atoms with Crippen molar-refractivity contribution in [2.24, 2.45) is 0 Å². The minimum atomic E-state index is -3.57. The van der Waals surface area contributed by atoms with Crippen LogP contribution in [-0.4, -0.2) is 50.5 Å². The van der Waals surface area contributed by atoms with E-state index >= 15 is 0 Å². The number of carbonyl (C=O) groups is 2. The van der Waals surface area contributed by atoms with E-state index < -0.39 is 16.1 Å². The van der Waals surface area contributed by atoms with Crippen molar-refractivity contribution in [3.63, 3.8) is 0 Å². The topological polar surface area (TPSA) is 86.8 Å². The highest BCUT2D eigenvalue weighted by molar-refractivity contribution is 7.92. The second kappa shape index (κ2) is 13.3. The van der Waals surface area contributed by atoms with Crippen LogP contribution in [0.3, 0.4) is 0 Å². The van der Waals surface area contributed by atoms with Gasteiger partial charge in [0.05, 0.1) is 11.9 Å². The second-order valence-corrected chi connectivity index (χ2v) is 11.6. The second-order valence-electron chi connectivity index (χ2n) is 8.92. The first-order chi connectivity index (χ1) is 16.9. The lowest BCUT2D eigenvalue weighted by molar-refractivity contribution is -0.140. The molecule has 36 heavy (non-hydrogen) atoms. The molecular weight excluding hydrogens is 521 g/mol. The minimum Gasteiger partial charge on any atom is -0.354 e. The number of nitrogens with one attached hydrogen (secondary N) is 1. The molecule has 1 N–H and O–H groups in total. The van der Waals surface area contributed by atoms with Gasteiger partial charge in [0.2, 0.25) is 21.8 Å². The molecule has 198 valence electrons. The van der Waals surface area contributed by atoms with Crippen LogP contribution in [0.4, 0.5) is 5.69 Å². The summed E-state index contributed by atoms with van der Waals surface area (Å²) >= 11 is 12.7. The number of benzene rings is 2. The van der Waals surface area contributed by atoms with Crippen molar-refractivity contribution in [3.05, 3.63) is 63.1 Å². The lowest BCUT2D eigenvalue weighted by atomic mass is 10.1. The van der Waals surface area contributed by atoms with Crippen molar-refractivity contribution in [1.82, 2.24) is 10.2 Å². The number of anilines is 1. The Morgan fingerprint density at radius 3 is 2.31 bits per heavy atom. The largest absolute Gasteiger partial charge is 0.354 e. The van der Waals surface area contributed by atoms with Crippen LogP contribution in [0, 0.1) is 13.8 Å². The molecule has 0 radical (unpaired) electrons. The van der Waals surface area contributed by atoms with Gasteiger partial charge in [0.1, 0.15) is 6.04 Å². The van der Waals surface area contributed by atoms with Gasteiger partial charge in [-0.05, 0) is 62.9 Å². The molecule has 0 aliphatic carbocycles. The lowest BCUT2D eigenvalue weighted by Crippen LogP contribution is -2.48. The van der Waals surface area contributed by atoms with Crippen LogP contribution in [0.15, 0.2) is 36.4 Å². The predicted octanol–water partition coefficient (Wildman–Crippen LogP) is 5.10. The number of aryl methyl sites for hydroxylation is 2. The van der Waals surface area contributed by atoms with Crippen molar-refractivity contribution < 1.29 is 18.0 Å². The first-order valence-corrected chi connectivity index (χ1v) is 14.5. The monoisotopic (exact) mass is 555 g/mol. The van der Waals surface area contributed by atoms with Crippen molar-refractivity contribution in [3.8, 4) is 0 Å². The third-order valence-corrected chi connectivity index (χ3v) is 7.78. The third-order valence-electron chi connectivity index (χ3n) is 5.89. The van der Waals surface area contributed by atoms with Crippen LogP contribution in [0.25, 0.3) is 0 Å². The summed E-state index contributed by atoms with van der Waals surface area (Å²) in [6.45, 7) is 8.04. The van der Waals surface area contributed by atoms with Crippen LogP contribution in [0.1, 0.15) is 49.8 Å². The number of hydrogen-bond acceptors (Lipinski definition) is 4. The number of carbonyl (C=O) groups excluding carboxylic acids is 2. The molecule has 0 heterocycles. The Morgan fingerprint density at radius 1 is 1.08 bits per heavy atom. The molecule has 0 aliphatic rings. The summed E-state index contributed by atoms with van der Waals surface area (Å²) < 4.78 is 26.5. The zero-order valence-electron chi connectivity index (χ0n) is 21.5. The van der Waals surface area contributed by atoms with Crippen LogP contribution >= 0.6 is 23.2 Å². The average Bonchev–Trinajstić information content (AvgIpc) is 2.80. The minimum absolute atomic E-state index is 0.0460. The number of sulfonamides is 1. The standard InChI is InChI=1S/C26H35Cl2N3O4S/c1-6-14-29-26(33)20(4)30(17-21-22(27)9-7-10-23(21)28)25(32)11-8-15-31(36(5,34)35)24-16-18(2)12-13-19(24)3/h7,9-10,12-13,16,20H,6,8,11,14-15,17H2,1-5H3,(H,29,33)/t20-/m1/s1. The summed E-state index contributed by atoms with van der Waals surface area (Å²) in [5.41, 5.74) is 2.91. The normalized spacial score (nSPS) is 12.2. The smallest absolute Gasteiger partial charge is 0.242 e. The summed E-state index contributed by atoms with van der Waals surface area (Å²) in [5.74, 6) is -0.568. The number of rotatable bonds is 12. The van der Waals surface area contributed by atoms with Gasteiger partial charge >= 0.3 is 0 Å². The average molecular weight is 557 g/mol. The maximum absolute atomic E-state index is 13.4. The molecule has 0 bridgehead atoms. The van der Waals surface area contributed by atoms with Gasteiger partial charge in [-0.1, -0.05) is 48.3 Å². The molecule has 2 amide bonds. The fourth-order valence-electron chi connectivity index (χ4n) is 3.80. The molecule has 10 heteroatoms. The van der Waals surface area contributed by atoms with Gasteiger partial charge in [-0.15, -0.1) is 0 Å². The quantitative estimate of drug-likeness (QED) is 0.394. The van der Waals surface area contributed by atoms with Crippen molar-refractivity contribution in [2.45, 2.75) is 59.5 Å². The van der Waals surface area contributed by atoms with Crippen LogP contribution < -0.4 is 9.62 Å². The van der Waals surface area contributed by atoms with E-state index in [1.807, 2.05) is 39.0 Å². The Hall–Kier alpha value is -2.29. The summed E-state index contributed by atoms with van der Waals surface area (Å²) in [5, 5.41) is 3.63. The molecule has 0 spiro atoms. The van der Waals surface area contributed by atoms with Crippen molar-refractivity contribution in [2.75, 3.05) is 23.7 Å². The van der Waals surface area contributed by atoms with Gasteiger partial charge in [-0.2, -0.15) is 0 Å². The van der Waals surface area contributed by atoms with E-state index in [-0.39, 0.29) is 37.7 Å². The lowest BCUT2D eigenvalue weighted by Gasteiger charge is -2.30. The molecular formula is C26H35Cl2N3O4S. The fourth-order valence-corrected chi connectivity index (χ4v) is 5.33. The summed E-state index contributed by atoms with van der Waals surface area (Å²) in [6, 6.07) is 9.93. The number of halogens is 2. The van der Waals surface area contributed by atoms with Gasteiger partial charge in [0.15, 0.2) is 0 Å². The van der Waals surface area contributed by atoms with E-state index in [0.29, 0.717) is 27.8 Å². The van der Waals surface area contributed by atoms with E-state index in [4.69, 9.17) is 23.2 Å². The predicted molar refractivity (Wildman–Crippen MR) is 147 cm³/mol. The van der Waals surface area contributed by atoms with Crippen molar-refractivity contribution >= 4 is 50.7 Å². The van der Waals surface area contributed by atoms with Crippen LogP contribution in [0.5, 0.6) is 0 Å². The highest BCUT2D eigenvalue weighted by Crippen LogP contribution is 2.28. The number of hydrogen-bond donors (Lipinski definition) is 1. The van der Waals surface area contributed by atoms with Gasteiger partial charge in [0.25, 0.3) is 0 Å². The zero-order chi connectivity index (χ0) is 27.0. The maximum Gasteiger partial charge on any atom is 0.242 e. The van der Waals surface area contributed by atoms with Crippen LogP contribution in [0.2, 0.25) is 10.0 Å². The molecule has 2 rings (SSSR count). The van der Waals surface area contributed by atoms with E-state index in [1.54, 1.807) is 25.1 Å². The molecule has 2 aromatic rings. The number of amides is 2. The van der Waals surface area contributed by atoms with E-state index in [0.717, 1.165) is 23.8 Å². The zero-order valence-corrected chi connectivity index (χ0v) is 23.8. The summed E-state index contributed by atoms with van der Waals surface area (Å²) in [4.78, 5) is 27.5. The molecule has 0 unspecified atom stereocenters. The summed E-state index contributed by atoms with van der Waals surface area (Å²) in [6.07, 6.45) is 2.24. The first-order valence-electron chi connectivity index (χ1n) is 11.9. The van der Waals surface area contributed by atoms with E-state index in [9.17, 15) is 18.0 Å². The Morgan fingerprint density at radius 2 is 1.72 bits per heavy atom. The molecule has 0 aromatic heterocycles. The van der Waals surface area contributed by atoms with Gasteiger partial charge < -0.3 is 10.2 Å². The molecule has 1 atom stereocenters. The molecule has 0 saturated heterocycles. The van der Waals surface area contributed by atoms with Gasteiger partial charge in [-0.25, -0.2) is 8.42 Å². The Bertz CT molecular complexity index is 1170. The molecule has 7 nitrogen and oxygen atoms in total. The third kappa shape index (κ3) is 8.11. The Balaban J connectivity index is 2.24. The highest BCUT2D eigenvalue weighted by atomic mass is 35.5. The number of nitrogens with zero attached hydrogens (tertiary/aromatic N) is 2. The Labute approximate surface area is 224 Å². The van der Waals surface area contributed by atoms with Crippen molar-refractivity contribution in [1.29, 1.82) is 0 Å². The van der Waals surface area contributed by atoms with Gasteiger partial charge in [0, 0.05) is 41.7 Å². The molecule has 0 fully saturated rings. The molecule has 0 aliphatic heterocycles. The van der Waals surface area contributed by atoms with E-state index in [1.165, 1.54) is 9.21 Å². The maximum atomic E-state index is 13.4. The molecule has 2 aromatic carbocycles. The SMILES string of the molecule is CCCNC(=O)[C@@H](C)N(Cc1c(Cl)cccc1Cl)C(=O)CCCN(c1cc(C)ccc1C)S(C)(=O)=O. The molecule has 0 saturated carbocycles. The van der Waals surface area contributed by atoms with Gasteiger partial charge in [-0.3, -0.25) is 13.9 Å². The first kappa shape index (κ1) is 29.9. The fraction of sp³-hybridized carbons (Fsp3) is 0.462. The summed E-state index contributed by atoms with van der Waals surface area (Å²) in [7, 11) is -3.57. The van der Waals surface area contributed by atoms with E-state index in [2.05, 4.69) is 5.32 Å². The highest BCUT2D eigenvalue weighted by Gasteiger charge is 2.28.